The van der Waals surface area contributed by atoms with Crippen molar-refractivity contribution in [1.29, 1.82) is 0 Å². The number of hydrogen-bond acceptors (Lipinski definition) is 6. The Morgan fingerprint density at radius 3 is 2.40 bits per heavy atom. The van der Waals surface area contributed by atoms with Crippen LogP contribution in [0.2, 0.25) is 0 Å². The summed E-state index contributed by atoms with van der Waals surface area (Å²) in [5.41, 5.74) is 6.81. The van der Waals surface area contributed by atoms with Gasteiger partial charge in [0, 0.05) is 45.0 Å². The van der Waals surface area contributed by atoms with Gasteiger partial charge in [0.2, 0.25) is 11.8 Å². The first-order chi connectivity index (χ1) is 20.4. The summed E-state index contributed by atoms with van der Waals surface area (Å²) >= 11 is 0. The number of nitrogens with one attached hydrogen (secondary N) is 1. The van der Waals surface area contributed by atoms with Crippen molar-refractivity contribution in [2.24, 2.45) is 5.73 Å². The van der Waals surface area contributed by atoms with E-state index in [0.29, 0.717) is 25.0 Å². The Kier molecular flexibility index (Phi) is 12.1. The lowest BCUT2D eigenvalue weighted by Crippen LogP contribution is -2.43. The average Bonchev–Trinajstić information content (AvgIpc) is 3.41. The quantitative estimate of drug-likeness (QED) is 0.178. The minimum absolute atomic E-state index is 0.00478. The highest BCUT2D eigenvalue weighted by atomic mass is 19.2. The molecule has 234 valence electrons. The Morgan fingerprint density at radius 2 is 1.74 bits per heavy atom. The minimum atomic E-state index is -1.33. The summed E-state index contributed by atoms with van der Waals surface area (Å²) in [5.74, 6) is -6.67. The molecule has 43 heavy (non-hydrogen) atoms. The highest BCUT2D eigenvalue weighted by molar-refractivity contribution is 5.85. The van der Waals surface area contributed by atoms with E-state index in [4.69, 9.17) is 5.73 Å². The normalized spacial score (nSPS) is 17.8. The molecule has 0 aliphatic carbocycles. The number of likely N-dealkylation sites (N-methyl/N-ethyl adjacent to an activating group) is 1. The Morgan fingerprint density at radius 1 is 1.07 bits per heavy atom. The molecule has 0 aromatic heterocycles. The molecule has 2 aromatic rings. The highest BCUT2D eigenvalue weighted by Crippen LogP contribution is 2.24. The molecule has 0 saturated carbocycles. The van der Waals surface area contributed by atoms with Crippen LogP contribution in [0, 0.1) is 17.5 Å². The number of nitrogens with two attached hydrogens (primary N) is 1. The third kappa shape index (κ3) is 9.52. The number of aryl methyl sites for hydroxylation is 1. The van der Waals surface area contributed by atoms with Crippen LogP contribution < -0.4 is 11.1 Å². The molecule has 1 saturated heterocycles. The zero-order valence-corrected chi connectivity index (χ0v) is 23.8. The first kappa shape index (κ1) is 33.5. The number of aliphatic carboxylic acids is 2. The average molecular weight is 607 g/mol. The number of carbonyl (C=O) groups excluding carboxylic acids is 2. The van der Waals surface area contributed by atoms with Crippen molar-refractivity contribution in [1.82, 2.24) is 15.1 Å². The second-order valence-corrected chi connectivity index (χ2v) is 10.8. The van der Waals surface area contributed by atoms with Gasteiger partial charge >= 0.3 is 11.9 Å². The lowest BCUT2D eigenvalue weighted by molar-refractivity contribution is -0.148. The molecule has 0 radical (unpaired) electrons. The van der Waals surface area contributed by atoms with Gasteiger partial charge in [-0.05, 0) is 49.4 Å². The lowest BCUT2D eigenvalue weighted by atomic mass is 10.0. The lowest BCUT2D eigenvalue weighted by Gasteiger charge is -2.26. The molecule has 0 bridgehead atoms. The molecule has 2 aromatic carbocycles. The fourth-order valence-corrected chi connectivity index (χ4v) is 5.18. The van der Waals surface area contributed by atoms with Gasteiger partial charge in [0.1, 0.15) is 17.9 Å². The van der Waals surface area contributed by atoms with Gasteiger partial charge in [0.05, 0.1) is 6.04 Å². The van der Waals surface area contributed by atoms with Crippen LogP contribution in [0.1, 0.15) is 43.2 Å². The topological polar surface area (TPSA) is 153 Å². The summed E-state index contributed by atoms with van der Waals surface area (Å²) in [6.45, 7) is 0.217. The van der Waals surface area contributed by atoms with Gasteiger partial charge in [-0.2, -0.15) is 0 Å². The summed E-state index contributed by atoms with van der Waals surface area (Å²) in [5, 5.41) is 22.2. The summed E-state index contributed by atoms with van der Waals surface area (Å²) in [6.07, 6.45) is 0.702. The van der Waals surface area contributed by atoms with Crippen molar-refractivity contribution < 1.29 is 42.6 Å². The molecule has 1 aliphatic heterocycles. The number of likely N-dealkylation sites (tertiary alicyclic amines) is 1. The number of carboxylic acids is 2. The van der Waals surface area contributed by atoms with Crippen molar-refractivity contribution in [3.05, 3.63) is 71.0 Å². The third-order valence-corrected chi connectivity index (χ3v) is 7.65. The predicted octanol–water partition coefficient (Wildman–Crippen LogP) is 2.33. The van der Waals surface area contributed by atoms with Crippen molar-refractivity contribution in [2.45, 2.75) is 69.1 Å². The van der Waals surface area contributed by atoms with Crippen LogP contribution >= 0.6 is 0 Å². The van der Waals surface area contributed by atoms with E-state index in [-0.39, 0.29) is 50.8 Å². The van der Waals surface area contributed by atoms with E-state index in [1.165, 1.54) is 16.8 Å². The Hall–Kier alpha value is -3.97. The van der Waals surface area contributed by atoms with Crippen molar-refractivity contribution in [3.63, 3.8) is 0 Å². The number of nitrogens with zero attached hydrogens (tertiary/aromatic N) is 2. The Labute approximate surface area is 247 Å². The van der Waals surface area contributed by atoms with Crippen molar-refractivity contribution in [2.75, 3.05) is 20.1 Å². The second kappa shape index (κ2) is 15.5. The molecule has 1 heterocycles. The van der Waals surface area contributed by atoms with Crippen LogP contribution in [0.4, 0.5) is 13.2 Å². The fourth-order valence-electron chi connectivity index (χ4n) is 5.18. The van der Waals surface area contributed by atoms with Gasteiger partial charge in [-0.25, -0.2) is 18.0 Å². The van der Waals surface area contributed by atoms with E-state index in [2.05, 4.69) is 5.32 Å². The van der Waals surface area contributed by atoms with Crippen LogP contribution in [0.3, 0.4) is 0 Å². The van der Waals surface area contributed by atoms with Crippen LogP contribution in [0.25, 0.3) is 0 Å². The van der Waals surface area contributed by atoms with E-state index in [9.17, 15) is 42.6 Å². The van der Waals surface area contributed by atoms with Crippen LogP contribution in [-0.4, -0.2) is 88.1 Å². The molecule has 0 spiro atoms. The van der Waals surface area contributed by atoms with Gasteiger partial charge in [0.15, 0.2) is 11.6 Å². The zero-order chi connectivity index (χ0) is 31.7. The summed E-state index contributed by atoms with van der Waals surface area (Å²) in [6, 6.07) is 7.08. The number of carboxylic acid groups (broad SMARTS) is 2. The van der Waals surface area contributed by atoms with Gasteiger partial charge in [0.25, 0.3) is 0 Å². The Balaban J connectivity index is 1.49. The fraction of sp³-hybridized carbons (Fsp3) is 0.467. The Bertz CT molecular complexity index is 1300. The van der Waals surface area contributed by atoms with Crippen LogP contribution in [0.5, 0.6) is 0 Å². The van der Waals surface area contributed by atoms with Gasteiger partial charge in [-0.3, -0.25) is 14.4 Å². The number of hydrogen-bond donors (Lipinski definition) is 4. The number of benzene rings is 2. The van der Waals surface area contributed by atoms with Gasteiger partial charge < -0.3 is 31.1 Å². The van der Waals surface area contributed by atoms with Gasteiger partial charge in [-0.15, -0.1) is 0 Å². The molecule has 13 heteroatoms. The molecule has 5 N–H and O–H groups in total. The third-order valence-electron chi connectivity index (χ3n) is 7.65. The van der Waals surface area contributed by atoms with E-state index >= 15 is 0 Å². The molecular formula is C30H37F3N4O6. The van der Waals surface area contributed by atoms with E-state index in [1.54, 1.807) is 0 Å². The van der Waals surface area contributed by atoms with E-state index in [0.717, 1.165) is 5.56 Å². The van der Waals surface area contributed by atoms with Crippen molar-refractivity contribution in [3.8, 4) is 0 Å². The highest BCUT2D eigenvalue weighted by Gasteiger charge is 2.42. The number of amides is 2. The first-order valence-electron chi connectivity index (χ1n) is 14.0. The van der Waals surface area contributed by atoms with Crippen LogP contribution in [0.15, 0.2) is 42.5 Å². The molecule has 1 fully saturated rings. The summed E-state index contributed by atoms with van der Waals surface area (Å²) in [7, 11) is 1.45. The maximum absolute atomic E-state index is 14.0. The molecule has 0 unspecified atom stereocenters. The maximum Gasteiger partial charge on any atom is 0.326 e. The summed E-state index contributed by atoms with van der Waals surface area (Å²) < 4.78 is 40.7. The molecule has 3 rings (SSSR count). The number of halogens is 3. The SMILES string of the molecule is CN(C(=O)C[C@H](N)Cc1cc(F)c(F)cc1F)[C@H]1C[C@@H](C(=O)O)N(C(=O)CCCN[C@@H](CCc2ccccc2)C(=O)O)C1. The number of rotatable bonds is 15. The smallest absolute Gasteiger partial charge is 0.326 e. The van der Waals surface area contributed by atoms with Crippen LogP contribution in [-0.2, 0) is 32.0 Å². The minimum Gasteiger partial charge on any atom is -0.480 e. The van der Waals surface area contributed by atoms with Gasteiger partial charge in [-0.1, -0.05) is 30.3 Å². The molecule has 1 aliphatic rings. The molecule has 4 atom stereocenters. The van der Waals surface area contributed by atoms with Crippen molar-refractivity contribution >= 4 is 23.8 Å². The monoisotopic (exact) mass is 606 g/mol. The van der Waals surface area contributed by atoms with E-state index < -0.39 is 65.4 Å². The zero-order valence-electron chi connectivity index (χ0n) is 23.8. The molecule has 10 nitrogen and oxygen atoms in total. The number of carbonyl (C=O) groups is 4. The predicted molar refractivity (Wildman–Crippen MR) is 150 cm³/mol. The second-order valence-electron chi connectivity index (χ2n) is 10.8. The first-order valence-corrected chi connectivity index (χ1v) is 14.0. The largest absolute Gasteiger partial charge is 0.480 e. The standard InChI is InChI=1S/C30H37F3N4O6/c1-36(28(39)14-20(34)12-19-13-23(32)24(33)16-22(19)31)21-15-26(30(42)43)37(17-21)27(38)8-5-11-35-25(29(40)41)10-9-18-6-3-2-4-7-18/h2-4,6-7,13,16,20-21,25-26,35H,5,8-12,14-15,17,34H2,1H3,(H,40,41)(H,42,43)/t20-,21+,25+,26+/m1/s1. The molecular weight excluding hydrogens is 569 g/mol. The molecule has 2 amide bonds. The maximum atomic E-state index is 14.0. The van der Waals surface area contributed by atoms with E-state index in [1.807, 2.05) is 30.3 Å². The summed E-state index contributed by atoms with van der Waals surface area (Å²) in [4.78, 5) is 51.9.